The van der Waals surface area contributed by atoms with Gasteiger partial charge in [0, 0.05) is 0 Å². The van der Waals surface area contributed by atoms with Gasteiger partial charge in [-0.05, 0) is 12.1 Å². The molecule has 0 fully saturated rings. The van der Waals surface area contributed by atoms with E-state index in [0.717, 1.165) is 11.3 Å². The van der Waals surface area contributed by atoms with Crippen molar-refractivity contribution in [2.75, 3.05) is 7.11 Å². The van der Waals surface area contributed by atoms with Crippen molar-refractivity contribution < 1.29 is 4.74 Å². The first kappa shape index (κ1) is 7.62. The second kappa shape index (κ2) is 2.79. The van der Waals surface area contributed by atoms with Gasteiger partial charge >= 0.3 is 0 Å². The second-order valence-corrected chi connectivity index (χ2v) is 2.55. The number of nitriles is 1. The minimum absolute atomic E-state index is 0.549. The Kier molecular flexibility index (Phi) is 1.64. The highest BCUT2D eigenvalue weighted by Gasteiger charge is 2.04. The molecule has 0 saturated heterocycles. The van der Waals surface area contributed by atoms with Gasteiger partial charge < -0.3 is 4.74 Å². The minimum Gasteiger partial charge on any atom is -0.494 e. The monoisotopic (exact) mass is 173 g/mol. The molecule has 0 aliphatic rings. The SMILES string of the molecule is COc1ccc(C#N)n2cncc12. The van der Waals surface area contributed by atoms with Crippen molar-refractivity contribution in [1.29, 1.82) is 5.26 Å². The predicted octanol–water partition coefficient (Wildman–Crippen LogP) is 1.21. The number of hydrogen-bond acceptors (Lipinski definition) is 3. The standard InChI is InChI=1S/C9H7N3O/c1-13-9-3-2-7(4-10)12-6-11-5-8(9)12/h2-3,5-6H,1H3. The van der Waals surface area contributed by atoms with Crippen LogP contribution in [0.4, 0.5) is 0 Å². The van der Waals surface area contributed by atoms with Gasteiger partial charge in [0.15, 0.2) is 0 Å². The lowest BCUT2D eigenvalue weighted by atomic mass is 10.3. The molecule has 0 amide bonds. The van der Waals surface area contributed by atoms with Crippen LogP contribution in [0.2, 0.25) is 0 Å². The topological polar surface area (TPSA) is 50.3 Å². The van der Waals surface area contributed by atoms with E-state index >= 15 is 0 Å². The Bertz CT molecular complexity index is 481. The van der Waals surface area contributed by atoms with Crippen LogP contribution >= 0.6 is 0 Å². The molecule has 0 aromatic carbocycles. The number of rotatable bonds is 1. The molecule has 4 heteroatoms. The van der Waals surface area contributed by atoms with Crippen molar-refractivity contribution >= 4 is 5.52 Å². The van der Waals surface area contributed by atoms with Gasteiger partial charge in [-0.3, -0.25) is 4.40 Å². The molecule has 2 heterocycles. The third-order valence-electron chi connectivity index (χ3n) is 1.88. The Labute approximate surface area is 75.0 Å². The van der Waals surface area contributed by atoms with Gasteiger partial charge in [0.05, 0.1) is 13.3 Å². The molecule has 0 unspecified atom stereocenters. The van der Waals surface area contributed by atoms with E-state index in [2.05, 4.69) is 11.1 Å². The Morgan fingerprint density at radius 2 is 2.38 bits per heavy atom. The number of hydrogen-bond donors (Lipinski definition) is 0. The smallest absolute Gasteiger partial charge is 0.144 e. The third kappa shape index (κ3) is 1.02. The van der Waals surface area contributed by atoms with Gasteiger partial charge in [-0.1, -0.05) is 0 Å². The Morgan fingerprint density at radius 3 is 3.08 bits per heavy atom. The molecule has 0 aliphatic carbocycles. The fourth-order valence-corrected chi connectivity index (χ4v) is 1.25. The fourth-order valence-electron chi connectivity index (χ4n) is 1.25. The van der Waals surface area contributed by atoms with Crippen LogP contribution in [0.1, 0.15) is 5.69 Å². The maximum Gasteiger partial charge on any atom is 0.144 e. The molecular weight excluding hydrogens is 166 g/mol. The van der Waals surface area contributed by atoms with Crippen molar-refractivity contribution in [1.82, 2.24) is 9.38 Å². The van der Waals surface area contributed by atoms with Crippen LogP contribution in [0.3, 0.4) is 0 Å². The van der Waals surface area contributed by atoms with Gasteiger partial charge in [-0.2, -0.15) is 5.26 Å². The van der Waals surface area contributed by atoms with E-state index < -0.39 is 0 Å². The molecule has 2 rings (SSSR count). The zero-order chi connectivity index (χ0) is 9.26. The molecule has 0 saturated carbocycles. The van der Waals surface area contributed by atoms with Crippen molar-refractivity contribution in [3.63, 3.8) is 0 Å². The quantitative estimate of drug-likeness (QED) is 0.651. The highest BCUT2D eigenvalue weighted by atomic mass is 16.5. The van der Waals surface area contributed by atoms with Crippen LogP contribution < -0.4 is 4.74 Å². The van der Waals surface area contributed by atoms with Gasteiger partial charge in [-0.25, -0.2) is 4.98 Å². The largest absolute Gasteiger partial charge is 0.494 e. The van der Waals surface area contributed by atoms with E-state index in [1.54, 1.807) is 36.2 Å². The summed E-state index contributed by atoms with van der Waals surface area (Å²) in [6, 6.07) is 5.54. The van der Waals surface area contributed by atoms with Crippen LogP contribution in [0.5, 0.6) is 5.75 Å². The summed E-state index contributed by atoms with van der Waals surface area (Å²) in [6.45, 7) is 0. The maximum absolute atomic E-state index is 8.78. The molecule has 0 aliphatic heterocycles. The number of aromatic nitrogens is 2. The number of nitrogens with zero attached hydrogens (tertiary/aromatic N) is 3. The summed E-state index contributed by atoms with van der Waals surface area (Å²) in [7, 11) is 1.59. The number of methoxy groups -OCH3 is 1. The first-order chi connectivity index (χ1) is 6.36. The van der Waals surface area contributed by atoms with Gasteiger partial charge in [-0.15, -0.1) is 0 Å². The summed E-state index contributed by atoms with van der Waals surface area (Å²) >= 11 is 0. The van der Waals surface area contributed by atoms with E-state index in [9.17, 15) is 0 Å². The molecular formula is C9H7N3O. The van der Waals surface area contributed by atoms with Gasteiger partial charge in [0.2, 0.25) is 0 Å². The van der Waals surface area contributed by atoms with E-state index in [4.69, 9.17) is 10.00 Å². The lowest BCUT2D eigenvalue weighted by Crippen LogP contribution is -1.93. The molecule has 2 aromatic heterocycles. The summed E-state index contributed by atoms with van der Waals surface area (Å²) < 4.78 is 6.81. The van der Waals surface area contributed by atoms with Crippen LogP contribution in [-0.4, -0.2) is 16.5 Å². The van der Waals surface area contributed by atoms with Crippen molar-refractivity contribution in [2.45, 2.75) is 0 Å². The summed E-state index contributed by atoms with van der Waals surface area (Å²) in [5, 5.41) is 8.78. The molecule has 64 valence electrons. The van der Waals surface area contributed by atoms with E-state index in [1.165, 1.54) is 0 Å². The normalized spacial score (nSPS) is 9.85. The van der Waals surface area contributed by atoms with E-state index in [0.29, 0.717) is 5.69 Å². The van der Waals surface area contributed by atoms with Crippen molar-refractivity contribution in [3.05, 3.63) is 30.4 Å². The highest BCUT2D eigenvalue weighted by molar-refractivity contribution is 5.60. The van der Waals surface area contributed by atoms with Crippen molar-refractivity contribution in [2.24, 2.45) is 0 Å². The van der Waals surface area contributed by atoms with Gasteiger partial charge in [0.1, 0.15) is 29.4 Å². The first-order valence-corrected chi connectivity index (χ1v) is 3.76. The van der Waals surface area contributed by atoms with Crippen molar-refractivity contribution in [3.8, 4) is 11.8 Å². The summed E-state index contributed by atoms with van der Waals surface area (Å²) in [5.41, 5.74) is 1.36. The average Bonchev–Trinajstić information content (AvgIpc) is 2.64. The molecule has 0 N–H and O–H groups in total. The first-order valence-electron chi connectivity index (χ1n) is 3.76. The van der Waals surface area contributed by atoms with E-state index in [1.807, 2.05) is 0 Å². The third-order valence-corrected chi connectivity index (χ3v) is 1.88. The fraction of sp³-hybridized carbons (Fsp3) is 0.111. The molecule has 4 nitrogen and oxygen atoms in total. The number of pyridine rings is 1. The molecule has 2 aromatic rings. The van der Waals surface area contributed by atoms with Crippen LogP contribution in [-0.2, 0) is 0 Å². The molecule has 0 bridgehead atoms. The minimum atomic E-state index is 0.549. The summed E-state index contributed by atoms with van der Waals surface area (Å²) in [5.74, 6) is 0.719. The lowest BCUT2D eigenvalue weighted by molar-refractivity contribution is 0.418. The molecule has 0 spiro atoms. The maximum atomic E-state index is 8.78. The van der Waals surface area contributed by atoms with Crippen LogP contribution in [0.25, 0.3) is 5.52 Å². The van der Waals surface area contributed by atoms with Crippen LogP contribution in [0, 0.1) is 11.3 Å². The molecule has 0 atom stereocenters. The predicted molar refractivity (Wildman–Crippen MR) is 46.5 cm³/mol. The zero-order valence-electron chi connectivity index (χ0n) is 7.06. The number of fused-ring (bicyclic) bond motifs is 1. The molecule has 13 heavy (non-hydrogen) atoms. The summed E-state index contributed by atoms with van der Waals surface area (Å²) in [6.07, 6.45) is 3.26. The lowest BCUT2D eigenvalue weighted by Gasteiger charge is -2.02. The Morgan fingerprint density at radius 1 is 1.54 bits per heavy atom. The Hall–Kier alpha value is -2.02. The second-order valence-electron chi connectivity index (χ2n) is 2.55. The van der Waals surface area contributed by atoms with Gasteiger partial charge in [0.25, 0.3) is 0 Å². The highest BCUT2D eigenvalue weighted by Crippen LogP contribution is 2.19. The Balaban J connectivity index is 2.83. The number of ether oxygens (including phenoxy) is 1. The number of imidazole rings is 1. The average molecular weight is 173 g/mol. The van der Waals surface area contributed by atoms with Crippen LogP contribution in [0.15, 0.2) is 24.7 Å². The summed E-state index contributed by atoms with van der Waals surface area (Å²) in [4.78, 5) is 3.95. The van der Waals surface area contributed by atoms with E-state index in [-0.39, 0.29) is 0 Å². The zero-order valence-corrected chi connectivity index (χ0v) is 7.06. The molecule has 0 radical (unpaired) electrons.